The normalized spacial score (nSPS) is 15.6. The topological polar surface area (TPSA) is 46.6 Å². The molecule has 4 nitrogen and oxygen atoms in total. The molecule has 1 heterocycles. The van der Waals surface area contributed by atoms with Crippen LogP contribution >= 0.6 is 0 Å². The number of carbonyl (C=O) groups excluding carboxylic acids is 2. The van der Waals surface area contributed by atoms with Crippen molar-refractivity contribution in [3.05, 3.63) is 23.3 Å². The van der Waals surface area contributed by atoms with Crippen molar-refractivity contribution in [2.24, 2.45) is 0 Å². The predicted molar refractivity (Wildman–Crippen MR) is 74.7 cm³/mol. The molecule has 0 aromatic heterocycles. The van der Waals surface area contributed by atoms with Crippen LogP contribution in [0.25, 0.3) is 0 Å². The number of hydrogen-bond acceptors (Lipinski definition) is 3. The van der Waals surface area contributed by atoms with Crippen molar-refractivity contribution in [2.75, 3.05) is 13.2 Å². The van der Waals surface area contributed by atoms with Crippen LogP contribution in [0.15, 0.2) is 23.3 Å². The molecule has 1 fully saturated rings. The molecule has 0 spiro atoms. The van der Waals surface area contributed by atoms with Gasteiger partial charge in [-0.3, -0.25) is 4.79 Å². The van der Waals surface area contributed by atoms with Crippen LogP contribution in [0.1, 0.15) is 46.5 Å². The molecule has 0 aromatic carbocycles. The second-order valence-corrected chi connectivity index (χ2v) is 5.10. The van der Waals surface area contributed by atoms with Crippen molar-refractivity contribution in [1.82, 2.24) is 4.90 Å². The van der Waals surface area contributed by atoms with Crippen LogP contribution in [-0.4, -0.2) is 30.1 Å². The van der Waals surface area contributed by atoms with Gasteiger partial charge in [-0.25, -0.2) is 9.69 Å². The quantitative estimate of drug-likeness (QED) is 0.715. The van der Waals surface area contributed by atoms with Crippen LogP contribution in [-0.2, 0) is 9.53 Å². The minimum Gasteiger partial charge on any atom is -0.445 e. The fourth-order valence-electron chi connectivity index (χ4n) is 1.86. The number of hydrogen-bond donors (Lipinski definition) is 0. The minimum atomic E-state index is -0.518. The first-order valence-electron chi connectivity index (χ1n) is 6.77. The van der Waals surface area contributed by atoms with Crippen LogP contribution < -0.4 is 0 Å². The summed E-state index contributed by atoms with van der Waals surface area (Å²) in [6, 6.07) is 0. The Balaban J connectivity index is 2.26. The van der Waals surface area contributed by atoms with Crippen molar-refractivity contribution in [1.29, 1.82) is 0 Å². The van der Waals surface area contributed by atoms with Crippen LogP contribution in [0.4, 0.5) is 4.79 Å². The summed E-state index contributed by atoms with van der Waals surface area (Å²) in [7, 11) is 0. The van der Waals surface area contributed by atoms with E-state index >= 15 is 0 Å². The fourth-order valence-corrected chi connectivity index (χ4v) is 1.86. The van der Waals surface area contributed by atoms with Crippen molar-refractivity contribution < 1.29 is 14.3 Å². The first kappa shape index (κ1) is 15.5. The second-order valence-electron chi connectivity index (χ2n) is 5.10. The molecule has 0 aliphatic carbocycles. The van der Waals surface area contributed by atoms with E-state index in [1.807, 2.05) is 13.0 Å². The average Bonchev–Trinajstić information content (AvgIpc) is 2.75. The van der Waals surface area contributed by atoms with Gasteiger partial charge < -0.3 is 4.74 Å². The van der Waals surface area contributed by atoms with E-state index in [2.05, 4.69) is 19.9 Å². The summed E-state index contributed by atoms with van der Waals surface area (Å²) in [5, 5.41) is 0. The van der Waals surface area contributed by atoms with E-state index in [1.54, 1.807) is 0 Å². The fraction of sp³-hybridized carbons (Fsp3) is 0.600. The van der Waals surface area contributed by atoms with E-state index in [1.165, 1.54) is 16.0 Å². The lowest BCUT2D eigenvalue weighted by Crippen LogP contribution is -2.32. The van der Waals surface area contributed by atoms with E-state index in [0.29, 0.717) is 13.0 Å². The zero-order valence-electron chi connectivity index (χ0n) is 12.1. The Labute approximate surface area is 115 Å². The van der Waals surface area contributed by atoms with Crippen molar-refractivity contribution in [3.63, 3.8) is 0 Å². The number of carbonyl (C=O) groups is 2. The maximum absolute atomic E-state index is 11.6. The molecule has 2 amide bonds. The van der Waals surface area contributed by atoms with Crippen molar-refractivity contribution in [3.8, 4) is 0 Å². The third kappa shape index (κ3) is 5.73. The third-order valence-electron chi connectivity index (χ3n) is 3.02. The summed E-state index contributed by atoms with van der Waals surface area (Å²) >= 11 is 0. The average molecular weight is 265 g/mol. The van der Waals surface area contributed by atoms with Gasteiger partial charge in [0.25, 0.3) is 0 Å². The highest BCUT2D eigenvalue weighted by atomic mass is 16.6. The molecular weight excluding hydrogens is 242 g/mol. The zero-order chi connectivity index (χ0) is 14.3. The van der Waals surface area contributed by atoms with Crippen LogP contribution in [0, 0.1) is 0 Å². The van der Waals surface area contributed by atoms with E-state index < -0.39 is 6.09 Å². The predicted octanol–water partition coefficient (Wildman–Crippen LogP) is 3.44. The first-order chi connectivity index (χ1) is 9.00. The smallest absolute Gasteiger partial charge is 0.416 e. The Hall–Kier alpha value is -1.58. The molecule has 0 bridgehead atoms. The summed E-state index contributed by atoms with van der Waals surface area (Å²) in [5.41, 5.74) is 2.50. The van der Waals surface area contributed by atoms with E-state index in [0.717, 1.165) is 19.3 Å². The second kappa shape index (κ2) is 7.77. The highest BCUT2D eigenvalue weighted by Gasteiger charge is 2.27. The highest BCUT2D eigenvalue weighted by molar-refractivity contribution is 5.93. The standard InChI is InChI=1S/C15H23NO3/c1-12(2)6-4-7-13(3)9-11-19-15(18)16-10-5-8-14(16)17/h6,9H,4-5,7-8,10-11H2,1-3H3. The van der Waals surface area contributed by atoms with Gasteiger partial charge in [0.05, 0.1) is 0 Å². The van der Waals surface area contributed by atoms with Crippen molar-refractivity contribution in [2.45, 2.75) is 46.5 Å². The van der Waals surface area contributed by atoms with Gasteiger partial charge in [-0.1, -0.05) is 17.2 Å². The molecule has 1 saturated heterocycles. The Morgan fingerprint density at radius 1 is 1.32 bits per heavy atom. The number of amides is 2. The molecular formula is C15H23NO3. The van der Waals surface area contributed by atoms with Gasteiger partial charge >= 0.3 is 6.09 Å². The van der Waals surface area contributed by atoms with Crippen LogP contribution in [0.2, 0.25) is 0 Å². The third-order valence-corrected chi connectivity index (χ3v) is 3.02. The summed E-state index contributed by atoms with van der Waals surface area (Å²) in [6.45, 7) is 6.90. The lowest BCUT2D eigenvalue weighted by molar-refractivity contribution is -0.126. The van der Waals surface area contributed by atoms with E-state index in [-0.39, 0.29) is 12.5 Å². The number of rotatable bonds is 5. The molecule has 1 rings (SSSR count). The SMILES string of the molecule is CC(C)=CCCC(C)=CCOC(=O)N1CCCC1=O. The van der Waals surface area contributed by atoms with Gasteiger partial charge in [0.1, 0.15) is 6.61 Å². The molecule has 0 aromatic rings. The minimum absolute atomic E-state index is 0.130. The number of allylic oxidation sites excluding steroid dienone is 3. The molecule has 0 atom stereocenters. The Bertz CT molecular complexity index is 392. The Kier molecular flexibility index (Phi) is 6.33. The summed E-state index contributed by atoms with van der Waals surface area (Å²) in [6.07, 6.45) is 6.73. The molecule has 1 aliphatic rings. The van der Waals surface area contributed by atoms with Gasteiger partial charge in [-0.05, 0) is 46.1 Å². The molecule has 0 radical (unpaired) electrons. The molecule has 0 unspecified atom stereocenters. The molecule has 0 N–H and O–H groups in total. The van der Waals surface area contributed by atoms with Gasteiger partial charge in [-0.2, -0.15) is 0 Å². The zero-order valence-corrected chi connectivity index (χ0v) is 12.1. The number of imide groups is 1. The lowest BCUT2D eigenvalue weighted by Gasteiger charge is -2.12. The maximum Gasteiger partial charge on any atom is 0.416 e. The number of ether oxygens (including phenoxy) is 1. The van der Waals surface area contributed by atoms with E-state index in [4.69, 9.17) is 4.74 Å². The summed E-state index contributed by atoms with van der Waals surface area (Å²) in [4.78, 5) is 24.1. The molecule has 19 heavy (non-hydrogen) atoms. The summed E-state index contributed by atoms with van der Waals surface area (Å²) < 4.78 is 5.07. The van der Waals surface area contributed by atoms with Crippen LogP contribution in [0.3, 0.4) is 0 Å². The number of nitrogens with zero attached hydrogens (tertiary/aromatic N) is 1. The molecule has 106 valence electrons. The van der Waals surface area contributed by atoms with Crippen molar-refractivity contribution >= 4 is 12.0 Å². The van der Waals surface area contributed by atoms with E-state index in [9.17, 15) is 9.59 Å². The molecule has 0 saturated carbocycles. The molecule has 4 heteroatoms. The monoisotopic (exact) mass is 265 g/mol. The Morgan fingerprint density at radius 3 is 2.63 bits per heavy atom. The van der Waals surface area contributed by atoms with Gasteiger partial charge in [0.2, 0.25) is 5.91 Å². The Morgan fingerprint density at radius 2 is 2.05 bits per heavy atom. The summed E-state index contributed by atoms with van der Waals surface area (Å²) in [5.74, 6) is -0.130. The maximum atomic E-state index is 11.6. The molecule has 1 aliphatic heterocycles. The largest absolute Gasteiger partial charge is 0.445 e. The van der Waals surface area contributed by atoms with Gasteiger partial charge in [0.15, 0.2) is 0 Å². The first-order valence-corrected chi connectivity index (χ1v) is 6.77. The highest BCUT2D eigenvalue weighted by Crippen LogP contribution is 2.11. The number of likely N-dealkylation sites (tertiary alicyclic amines) is 1. The van der Waals surface area contributed by atoms with Crippen LogP contribution in [0.5, 0.6) is 0 Å². The van der Waals surface area contributed by atoms with Gasteiger partial charge in [0, 0.05) is 13.0 Å². The lowest BCUT2D eigenvalue weighted by atomic mass is 10.1. The van der Waals surface area contributed by atoms with Gasteiger partial charge in [-0.15, -0.1) is 0 Å².